The highest BCUT2D eigenvalue weighted by molar-refractivity contribution is 6.34. The van der Waals surface area contributed by atoms with Crippen molar-refractivity contribution in [3.8, 4) is 0 Å². The van der Waals surface area contributed by atoms with E-state index >= 15 is 0 Å². The number of esters is 2. The van der Waals surface area contributed by atoms with E-state index in [4.69, 9.17) is 30.5 Å². The number of epoxide rings is 1. The van der Waals surface area contributed by atoms with Gasteiger partial charge in [-0.15, -0.1) is 0 Å². The largest absolute Gasteiger partial charge is 0.462 e. The van der Waals surface area contributed by atoms with Gasteiger partial charge in [0.25, 0.3) is 0 Å². The molecule has 4 aliphatic heterocycles. The number of nitrogens with zero attached hydrogens (tertiary/aromatic N) is 2. The van der Waals surface area contributed by atoms with E-state index in [9.17, 15) is 24.3 Å². The van der Waals surface area contributed by atoms with E-state index in [-0.39, 0.29) is 37.0 Å². The molecule has 3 saturated heterocycles. The minimum absolute atomic E-state index is 0.0811. The van der Waals surface area contributed by atoms with Crippen LogP contribution in [0.4, 0.5) is 5.69 Å². The van der Waals surface area contributed by atoms with Crippen molar-refractivity contribution in [3.63, 3.8) is 0 Å². The van der Waals surface area contributed by atoms with Crippen molar-refractivity contribution < 1.29 is 43.2 Å². The lowest BCUT2D eigenvalue weighted by atomic mass is 9.78. The molecule has 13 heteroatoms. The van der Waals surface area contributed by atoms with E-state index in [0.29, 0.717) is 30.0 Å². The molecule has 4 aliphatic rings. The fourth-order valence-corrected chi connectivity index (χ4v) is 8.08. The molecule has 1 aromatic carbocycles. The van der Waals surface area contributed by atoms with E-state index in [1.165, 1.54) is 16.9 Å². The quantitative estimate of drug-likeness (QED) is 0.334. The molecule has 0 spiro atoms. The van der Waals surface area contributed by atoms with Gasteiger partial charge in [-0.05, 0) is 77.2 Å². The SMILES string of the molecule is CO[C@@H]1/C=C/C=C(\C)Cc2cc(C)c(Cl)c(c2)N(C)C(=O)C[C@H](OC(=O)[C@H](C)N(C)C(=O)C2CCNCC2)[C@]2(C)O[C@H]2[C@H](C)[C@@H]2C[C@@]1(O)CC(=O)O2. The van der Waals surface area contributed by atoms with Crippen LogP contribution in [0.15, 0.2) is 35.9 Å². The molecule has 286 valence electrons. The maximum absolute atomic E-state index is 14.1. The number of hydrogen-bond acceptors (Lipinski definition) is 10. The van der Waals surface area contributed by atoms with Crippen LogP contribution in [0.1, 0.15) is 70.9 Å². The Balaban J connectivity index is 1.50. The van der Waals surface area contributed by atoms with Gasteiger partial charge in [-0.2, -0.15) is 0 Å². The number of methoxy groups -OCH3 is 1. The van der Waals surface area contributed by atoms with Crippen molar-refractivity contribution in [3.05, 3.63) is 52.1 Å². The van der Waals surface area contributed by atoms with Crippen LogP contribution in [0.25, 0.3) is 0 Å². The van der Waals surface area contributed by atoms with Crippen LogP contribution >= 0.6 is 11.6 Å². The molecule has 0 aliphatic carbocycles. The van der Waals surface area contributed by atoms with Gasteiger partial charge in [0.05, 0.1) is 29.7 Å². The van der Waals surface area contributed by atoms with Gasteiger partial charge in [0.15, 0.2) is 0 Å². The summed E-state index contributed by atoms with van der Waals surface area (Å²) in [7, 11) is 4.72. The van der Waals surface area contributed by atoms with Gasteiger partial charge in [-0.3, -0.25) is 14.4 Å². The standard InChI is InChI=1S/C39H54ClN3O9/c1-22-10-9-11-30(49-8)39(48)20-29(50-33(45)21-39)24(3)35-38(5,52-35)31(19-32(44)43(7)28-18-26(16-22)17-23(2)34(28)40)51-37(47)25(4)42(6)36(46)27-12-14-41-15-13-27/h9-11,17-18,24-25,27,29-31,35,41,48H,12-16,19-21H2,1-8H3/b11-9+,22-10+/t24-,25+,29+,30-,31+,35+,38+,39-/m1/s1. The fourth-order valence-electron chi connectivity index (χ4n) is 7.84. The predicted molar refractivity (Wildman–Crippen MR) is 196 cm³/mol. The molecule has 2 N–H and O–H groups in total. The zero-order chi connectivity index (χ0) is 38.1. The highest BCUT2D eigenvalue weighted by Crippen LogP contribution is 2.49. The van der Waals surface area contributed by atoms with Crippen LogP contribution in [0.2, 0.25) is 5.02 Å². The van der Waals surface area contributed by atoms with Crippen LogP contribution in [-0.4, -0.2) is 110 Å². The van der Waals surface area contributed by atoms with E-state index < -0.39 is 59.5 Å². The average molecular weight is 744 g/mol. The molecule has 0 saturated carbocycles. The monoisotopic (exact) mass is 743 g/mol. The number of amides is 2. The third-order valence-corrected chi connectivity index (χ3v) is 11.9. The van der Waals surface area contributed by atoms with Gasteiger partial charge in [0.1, 0.15) is 35.6 Å². The third-order valence-electron chi connectivity index (χ3n) is 11.4. The Morgan fingerprint density at radius 3 is 2.56 bits per heavy atom. The molecule has 0 radical (unpaired) electrons. The Labute approximate surface area is 311 Å². The molecule has 8 atom stereocenters. The smallest absolute Gasteiger partial charge is 0.328 e. The number of likely N-dealkylation sites (N-methyl/N-ethyl adjacent to an activating group) is 1. The lowest BCUT2D eigenvalue weighted by molar-refractivity contribution is -0.187. The number of halogens is 1. The maximum Gasteiger partial charge on any atom is 0.328 e. The Morgan fingerprint density at radius 2 is 1.88 bits per heavy atom. The van der Waals surface area contributed by atoms with Gasteiger partial charge in [-0.1, -0.05) is 48.4 Å². The van der Waals surface area contributed by atoms with Crippen LogP contribution in [-0.2, 0) is 44.5 Å². The van der Waals surface area contributed by atoms with Gasteiger partial charge in [0.2, 0.25) is 11.8 Å². The highest BCUT2D eigenvalue weighted by atomic mass is 35.5. The summed E-state index contributed by atoms with van der Waals surface area (Å²) in [6.45, 7) is 10.5. The highest BCUT2D eigenvalue weighted by Gasteiger charge is 2.64. The first kappa shape index (κ1) is 39.9. The normalized spacial score (nSPS) is 33.9. The molecule has 0 unspecified atom stereocenters. The summed E-state index contributed by atoms with van der Waals surface area (Å²) in [5.41, 5.74) is 0.539. The summed E-state index contributed by atoms with van der Waals surface area (Å²) >= 11 is 6.79. The van der Waals surface area contributed by atoms with Crippen molar-refractivity contribution in [2.24, 2.45) is 11.8 Å². The number of nitrogens with one attached hydrogen (secondary N) is 1. The molecule has 2 amide bonds. The Morgan fingerprint density at radius 1 is 1.19 bits per heavy atom. The molecule has 52 heavy (non-hydrogen) atoms. The number of hydrogen-bond donors (Lipinski definition) is 2. The second-order valence-electron chi connectivity index (χ2n) is 15.3. The third kappa shape index (κ3) is 8.41. The van der Waals surface area contributed by atoms with Gasteiger partial charge in [-0.25, -0.2) is 4.79 Å². The Hall–Kier alpha value is -3.29. The first-order valence-electron chi connectivity index (χ1n) is 18.2. The van der Waals surface area contributed by atoms with Crippen molar-refractivity contribution in [1.82, 2.24) is 10.2 Å². The number of anilines is 1. The van der Waals surface area contributed by atoms with Crippen molar-refractivity contribution in [2.45, 2.75) is 115 Å². The summed E-state index contributed by atoms with van der Waals surface area (Å²) in [5, 5.41) is 15.5. The molecule has 0 aromatic heterocycles. The number of rotatable bonds is 5. The fraction of sp³-hybridized carbons (Fsp3) is 0.641. The van der Waals surface area contributed by atoms with Crippen LogP contribution in [0, 0.1) is 18.8 Å². The molecule has 3 fully saturated rings. The number of carbonyl (C=O) groups is 4. The van der Waals surface area contributed by atoms with E-state index in [1.54, 1.807) is 34.0 Å². The van der Waals surface area contributed by atoms with E-state index in [0.717, 1.165) is 29.8 Å². The first-order chi connectivity index (χ1) is 24.5. The summed E-state index contributed by atoms with van der Waals surface area (Å²) < 4.78 is 23.9. The molecule has 4 heterocycles. The summed E-state index contributed by atoms with van der Waals surface area (Å²) in [6, 6.07) is 2.92. The Kier molecular flexibility index (Phi) is 12.3. The minimum Gasteiger partial charge on any atom is -0.462 e. The molecule has 1 aromatic rings. The lowest BCUT2D eigenvalue weighted by Crippen LogP contribution is -2.53. The summed E-state index contributed by atoms with van der Waals surface area (Å²) in [4.78, 5) is 57.1. The van der Waals surface area contributed by atoms with Crippen LogP contribution in [0.3, 0.4) is 0 Å². The molecule has 5 rings (SSSR count). The number of aliphatic hydroxyl groups is 1. The van der Waals surface area contributed by atoms with Gasteiger partial charge >= 0.3 is 11.9 Å². The van der Waals surface area contributed by atoms with Crippen molar-refractivity contribution in [2.75, 3.05) is 39.2 Å². The van der Waals surface area contributed by atoms with Crippen molar-refractivity contribution in [1.29, 1.82) is 0 Å². The molecule has 12 nitrogen and oxygen atoms in total. The van der Waals surface area contributed by atoms with Crippen LogP contribution < -0.4 is 10.2 Å². The zero-order valence-electron chi connectivity index (χ0n) is 31.6. The predicted octanol–water partition coefficient (Wildman–Crippen LogP) is 4.06. The van der Waals surface area contributed by atoms with Gasteiger partial charge < -0.3 is 39.2 Å². The van der Waals surface area contributed by atoms with E-state index in [2.05, 4.69) is 5.32 Å². The van der Waals surface area contributed by atoms with E-state index in [1.807, 2.05) is 45.1 Å². The number of fused-ring (bicyclic) bond motifs is 5. The maximum atomic E-state index is 14.1. The average Bonchev–Trinajstić information content (AvgIpc) is 3.81. The summed E-state index contributed by atoms with van der Waals surface area (Å²) in [5.74, 6) is -2.38. The number of aryl methyl sites for hydroxylation is 1. The summed E-state index contributed by atoms with van der Waals surface area (Å²) in [6.07, 6.45) is 3.74. The van der Waals surface area contributed by atoms with Crippen molar-refractivity contribution >= 4 is 41.0 Å². The number of carbonyl (C=O) groups excluding carboxylic acids is 4. The lowest BCUT2D eigenvalue weighted by Gasteiger charge is -2.41. The zero-order valence-corrected chi connectivity index (χ0v) is 32.3. The molecular formula is C39H54ClN3O9. The second-order valence-corrected chi connectivity index (χ2v) is 15.7. The second kappa shape index (κ2) is 16.0. The van der Waals surface area contributed by atoms with Gasteiger partial charge in [0, 0.05) is 39.5 Å². The molecular weight excluding hydrogens is 690 g/mol. The topological polar surface area (TPSA) is 147 Å². The Bertz CT molecular complexity index is 1610. The number of piperidine rings is 1. The molecule has 4 bridgehead atoms. The minimum atomic E-state index is -1.55. The number of allylic oxidation sites excluding steroid dienone is 3. The first-order valence-corrected chi connectivity index (χ1v) is 18.6. The van der Waals surface area contributed by atoms with Crippen LogP contribution in [0.5, 0.6) is 0 Å². The number of benzene rings is 1. The number of ether oxygens (including phenoxy) is 4.